The molecule has 2 rings (SSSR count). The molecule has 1 atom stereocenters. The Bertz CT molecular complexity index is 511. The van der Waals surface area contributed by atoms with Crippen LogP contribution in [0.25, 0.3) is 10.8 Å². The van der Waals surface area contributed by atoms with Crippen molar-refractivity contribution in [2.24, 2.45) is 0 Å². The topological polar surface area (TPSA) is 52.5 Å². The maximum Gasteiger partial charge on any atom is 0.128 e. The lowest BCUT2D eigenvalue weighted by Crippen LogP contribution is -2.22. The van der Waals surface area contributed by atoms with Crippen LogP contribution in [0.3, 0.4) is 0 Å². The smallest absolute Gasteiger partial charge is 0.128 e. The summed E-state index contributed by atoms with van der Waals surface area (Å²) in [7, 11) is 0. The zero-order valence-corrected chi connectivity index (χ0v) is 9.85. The van der Waals surface area contributed by atoms with E-state index in [1.165, 1.54) is 0 Å². The molecule has 0 aliphatic rings. The number of hydrogen-bond acceptors (Lipinski definition) is 3. The number of rotatable bonds is 4. The van der Waals surface area contributed by atoms with Crippen molar-refractivity contribution in [3.8, 4) is 5.75 Å². The predicted molar refractivity (Wildman–Crippen MR) is 69.1 cm³/mol. The van der Waals surface area contributed by atoms with Crippen LogP contribution in [0.15, 0.2) is 36.4 Å². The normalized spacial score (nSPS) is 12.8. The van der Waals surface area contributed by atoms with Gasteiger partial charge >= 0.3 is 0 Å². The predicted octanol–water partition coefficient (Wildman–Crippen LogP) is 2.19. The Morgan fingerprint density at radius 1 is 1.18 bits per heavy atom. The molecule has 3 heteroatoms. The van der Waals surface area contributed by atoms with Gasteiger partial charge in [0.25, 0.3) is 0 Å². The number of aromatic hydroxyl groups is 1. The summed E-state index contributed by atoms with van der Waals surface area (Å²) in [5.74, 6) is 0.320. The number of hydrogen-bond donors (Lipinski definition) is 3. The number of aliphatic hydroxyl groups is 1. The number of nitrogens with one attached hydrogen (secondary N) is 1. The lowest BCUT2D eigenvalue weighted by atomic mass is 10.0. The Hall–Kier alpha value is -1.58. The zero-order chi connectivity index (χ0) is 12.3. The van der Waals surface area contributed by atoms with Crippen molar-refractivity contribution in [1.29, 1.82) is 0 Å². The minimum atomic E-state index is 0.0201. The van der Waals surface area contributed by atoms with Gasteiger partial charge in [0.1, 0.15) is 5.75 Å². The summed E-state index contributed by atoms with van der Waals surface area (Å²) >= 11 is 0. The van der Waals surface area contributed by atoms with E-state index in [-0.39, 0.29) is 12.6 Å². The zero-order valence-electron chi connectivity index (χ0n) is 9.85. The van der Waals surface area contributed by atoms with Gasteiger partial charge < -0.3 is 15.5 Å². The quantitative estimate of drug-likeness (QED) is 0.756. The summed E-state index contributed by atoms with van der Waals surface area (Å²) in [5.41, 5.74) is 0.858. The molecule has 0 aromatic heterocycles. The van der Waals surface area contributed by atoms with E-state index in [2.05, 4.69) is 5.32 Å². The third-order valence-corrected chi connectivity index (χ3v) is 2.96. The highest BCUT2D eigenvalue weighted by Gasteiger charge is 2.11. The average molecular weight is 231 g/mol. The third-order valence-electron chi connectivity index (χ3n) is 2.96. The molecule has 2 aromatic rings. The van der Waals surface area contributed by atoms with Gasteiger partial charge in [-0.05, 0) is 12.3 Å². The molecule has 0 aliphatic heterocycles. The van der Waals surface area contributed by atoms with Gasteiger partial charge in [0.15, 0.2) is 0 Å². The Labute approximate surface area is 101 Å². The van der Waals surface area contributed by atoms with Crippen LogP contribution in [-0.2, 0) is 0 Å². The van der Waals surface area contributed by atoms with E-state index in [0.29, 0.717) is 12.3 Å². The standard InChI is InChI=1S/C14H17NO2/c1-10(15-8-9-16)12-7-6-11-4-2-3-5-13(11)14(12)17/h2-7,10,15-17H,8-9H2,1H3. The average Bonchev–Trinajstić information content (AvgIpc) is 2.37. The van der Waals surface area contributed by atoms with Crippen LogP contribution in [0.4, 0.5) is 0 Å². The minimum absolute atomic E-state index is 0.0201. The molecule has 0 heterocycles. The fourth-order valence-corrected chi connectivity index (χ4v) is 2.01. The molecule has 0 radical (unpaired) electrons. The highest BCUT2D eigenvalue weighted by atomic mass is 16.3. The highest BCUT2D eigenvalue weighted by molar-refractivity contribution is 5.89. The molecule has 90 valence electrons. The van der Waals surface area contributed by atoms with Crippen molar-refractivity contribution < 1.29 is 10.2 Å². The Morgan fingerprint density at radius 3 is 2.71 bits per heavy atom. The van der Waals surface area contributed by atoms with Crippen LogP contribution in [0.2, 0.25) is 0 Å². The van der Waals surface area contributed by atoms with Crippen LogP contribution < -0.4 is 5.32 Å². The summed E-state index contributed by atoms with van der Waals surface area (Å²) < 4.78 is 0. The summed E-state index contributed by atoms with van der Waals surface area (Å²) in [4.78, 5) is 0. The molecular formula is C14H17NO2. The number of phenolic OH excluding ortho intramolecular Hbond substituents is 1. The molecule has 0 bridgehead atoms. The molecule has 3 nitrogen and oxygen atoms in total. The van der Waals surface area contributed by atoms with Crippen molar-refractivity contribution in [2.45, 2.75) is 13.0 Å². The van der Waals surface area contributed by atoms with Gasteiger partial charge in [-0.3, -0.25) is 0 Å². The summed E-state index contributed by atoms with van der Waals surface area (Å²) in [6.45, 7) is 2.59. The van der Waals surface area contributed by atoms with E-state index in [4.69, 9.17) is 5.11 Å². The molecule has 0 saturated heterocycles. The SMILES string of the molecule is CC(NCCO)c1ccc2ccccc2c1O. The Morgan fingerprint density at radius 2 is 1.94 bits per heavy atom. The lowest BCUT2D eigenvalue weighted by Gasteiger charge is -2.16. The number of phenols is 1. The van der Waals surface area contributed by atoms with Gasteiger partial charge in [0.05, 0.1) is 6.61 Å². The van der Waals surface area contributed by atoms with Crippen LogP contribution in [0.1, 0.15) is 18.5 Å². The molecule has 0 aliphatic carbocycles. The van der Waals surface area contributed by atoms with Crippen molar-refractivity contribution in [1.82, 2.24) is 5.32 Å². The second kappa shape index (κ2) is 5.17. The molecule has 0 amide bonds. The first-order chi connectivity index (χ1) is 8.24. The van der Waals surface area contributed by atoms with Crippen LogP contribution in [0, 0.1) is 0 Å². The number of fused-ring (bicyclic) bond motifs is 1. The van der Waals surface area contributed by atoms with Gasteiger partial charge in [-0.25, -0.2) is 0 Å². The van der Waals surface area contributed by atoms with Gasteiger partial charge in [-0.2, -0.15) is 0 Å². The molecule has 2 aromatic carbocycles. The monoisotopic (exact) mass is 231 g/mol. The second-order valence-corrected chi connectivity index (χ2v) is 4.12. The molecule has 1 unspecified atom stereocenters. The first-order valence-electron chi connectivity index (χ1n) is 5.79. The van der Waals surface area contributed by atoms with Crippen LogP contribution in [0.5, 0.6) is 5.75 Å². The summed E-state index contributed by atoms with van der Waals surface area (Å²) in [6.07, 6.45) is 0. The van der Waals surface area contributed by atoms with E-state index >= 15 is 0 Å². The first-order valence-corrected chi connectivity index (χ1v) is 5.79. The Kier molecular flexibility index (Phi) is 3.61. The van der Waals surface area contributed by atoms with E-state index < -0.39 is 0 Å². The van der Waals surface area contributed by atoms with Gasteiger partial charge in [0, 0.05) is 23.5 Å². The third kappa shape index (κ3) is 2.40. The van der Waals surface area contributed by atoms with E-state index in [1.54, 1.807) is 0 Å². The van der Waals surface area contributed by atoms with E-state index in [1.807, 2.05) is 43.3 Å². The van der Waals surface area contributed by atoms with Crippen LogP contribution in [-0.4, -0.2) is 23.4 Å². The van der Waals surface area contributed by atoms with Crippen molar-refractivity contribution in [3.05, 3.63) is 42.0 Å². The Balaban J connectivity index is 2.38. The second-order valence-electron chi connectivity index (χ2n) is 4.12. The fourth-order valence-electron chi connectivity index (χ4n) is 2.01. The molecule has 17 heavy (non-hydrogen) atoms. The number of aliphatic hydroxyl groups excluding tert-OH is 1. The maximum atomic E-state index is 10.2. The van der Waals surface area contributed by atoms with Crippen molar-refractivity contribution >= 4 is 10.8 Å². The largest absolute Gasteiger partial charge is 0.507 e. The number of benzene rings is 2. The fraction of sp³-hybridized carbons (Fsp3) is 0.286. The van der Waals surface area contributed by atoms with Gasteiger partial charge in [0.2, 0.25) is 0 Å². The molecular weight excluding hydrogens is 214 g/mol. The van der Waals surface area contributed by atoms with Crippen LogP contribution >= 0.6 is 0 Å². The minimum Gasteiger partial charge on any atom is -0.507 e. The lowest BCUT2D eigenvalue weighted by molar-refractivity contribution is 0.285. The summed E-state index contributed by atoms with van der Waals surface area (Å²) in [6, 6.07) is 11.7. The first kappa shape index (κ1) is 11.9. The van der Waals surface area contributed by atoms with Gasteiger partial charge in [-0.1, -0.05) is 36.4 Å². The highest BCUT2D eigenvalue weighted by Crippen LogP contribution is 2.32. The van der Waals surface area contributed by atoms with E-state index in [0.717, 1.165) is 16.3 Å². The van der Waals surface area contributed by atoms with E-state index in [9.17, 15) is 5.11 Å². The van der Waals surface area contributed by atoms with Gasteiger partial charge in [-0.15, -0.1) is 0 Å². The molecule has 0 fully saturated rings. The van der Waals surface area contributed by atoms with Crippen molar-refractivity contribution in [3.63, 3.8) is 0 Å². The molecule has 0 spiro atoms. The molecule has 3 N–H and O–H groups in total. The molecule has 0 saturated carbocycles. The van der Waals surface area contributed by atoms with Crippen molar-refractivity contribution in [2.75, 3.05) is 13.2 Å². The summed E-state index contributed by atoms with van der Waals surface area (Å²) in [5, 5.41) is 24.0. The maximum absolute atomic E-state index is 10.2.